The maximum absolute atomic E-state index is 11.3. The Bertz CT molecular complexity index is 314. The van der Waals surface area contributed by atoms with Gasteiger partial charge in [-0.2, -0.15) is 0 Å². The molecular weight excluding hydrogens is 248 g/mol. The summed E-state index contributed by atoms with van der Waals surface area (Å²) in [5.41, 5.74) is 0. The average Bonchev–Trinajstić information content (AvgIpc) is 2.24. The van der Waals surface area contributed by atoms with Crippen LogP contribution < -0.4 is 10.2 Å². The summed E-state index contributed by atoms with van der Waals surface area (Å²) in [5, 5.41) is 21.5. The number of carbonyl (C=O) groups excluding carboxylic acids is 4. The van der Waals surface area contributed by atoms with Crippen LogP contribution in [0.25, 0.3) is 0 Å². The van der Waals surface area contributed by atoms with Gasteiger partial charge < -0.3 is 29.3 Å². The van der Waals surface area contributed by atoms with Gasteiger partial charge in [-0.05, 0) is 13.8 Å². The highest BCUT2D eigenvalue weighted by Crippen LogP contribution is 2.15. The number of carboxylic acids is 2. The molecular formula is C10H12O8-2. The van der Waals surface area contributed by atoms with Crippen LogP contribution in [0.1, 0.15) is 13.8 Å². The van der Waals surface area contributed by atoms with Crippen molar-refractivity contribution < 1.29 is 38.9 Å². The van der Waals surface area contributed by atoms with Crippen LogP contribution in [0.3, 0.4) is 0 Å². The third-order valence-corrected chi connectivity index (χ3v) is 1.92. The summed E-state index contributed by atoms with van der Waals surface area (Å²) in [4.78, 5) is 44.1. The van der Waals surface area contributed by atoms with Gasteiger partial charge in [0.15, 0.2) is 0 Å². The molecule has 0 fully saturated rings. The molecule has 8 nitrogen and oxygen atoms in total. The first-order chi connectivity index (χ1) is 8.36. The largest absolute Gasteiger partial charge is 0.549 e. The van der Waals surface area contributed by atoms with Gasteiger partial charge in [0.05, 0.1) is 25.2 Å². The smallest absolute Gasteiger partial charge is 0.315 e. The molecule has 0 saturated carbocycles. The molecule has 0 aromatic heterocycles. The Kier molecular flexibility index (Phi) is 6.40. The minimum atomic E-state index is -2.30. The highest BCUT2D eigenvalue weighted by Gasteiger charge is 2.38. The molecule has 0 spiro atoms. The van der Waals surface area contributed by atoms with Crippen molar-refractivity contribution in [1.29, 1.82) is 0 Å². The van der Waals surface area contributed by atoms with Crippen LogP contribution in [0.2, 0.25) is 0 Å². The van der Waals surface area contributed by atoms with Crippen molar-refractivity contribution in [2.75, 3.05) is 13.2 Å². The zero-order valence-corrected chi connectivity index (χ0v) is 9.83. The average molecular weight is 260 g/mol. The molecule has 0 N–H and O–H groups in total. The number of carbonyl (C=O) groups is 4. The summed E-state index contributed by atoms with van der Waals surface area (Å²) in [6, 6.07) is 0. The summed E-state index contributed by atoms with van der Waals surface area (Å²) in [7, 11) is 0. The van der Waals surface area contributed by atoms with Gasteiger partial charge >= 0.3 is 11.9 Å². The monoisotopic (exact) mass is 260 g/mol. The molecule has 102 valence electrons. The Morgan fingerprint density at radius 1 is 0.833 bits per heavy atom. The molecule has 0 rings (SSSR count). The van der Waals surface area contributed by atoms with Crippen molar-refractivity contribution in [2.45, 2.75) is 13.8 Å². The molecule has 0 saturated heterocycles. The molecule has 8 heteroatoms. The van der Waals surface area contributed by atoms with Crippen molar-refractivity contribution >= 4 is 23.9 Å². The van der Waals surface area contributed by atoms with Gasteiger partial charge in [-0.1, -0.05) is 0 Å². The van der Waals surface area contributed by atoms with E-state index < -0.39 is 35.7 Å². The second-order valence-corrected chi connectivity index (χ2v) is 3.10. The maximum atomic E-state index is 11.3. The van der Waals surface area contributed by atoms with Gasteiger partial charge in [0.1, 0.15) is 11.8 Å². The number of esters is 2. The summed E-state index contributed by atoms with van der Waals surface area (Å²) < 4.78 is 8.73. The fraction of sp³-hybridized carbons (Fsp3) is 0.600. The van der Waals surface area contributed by atoms with Crippen LogP contribution in [-0.2, 0) is 28.7 Å². The normalized spacial score (nSPS) is 13.2. The molecule has 0 aliphatic carbocycles. The fourth-order valence-electron chi connectivity index (χ4n) is 1.20. The van der Waals surface area contributed by atoms with E-state index in [2.05, 4.69) is 9.47 Å². The molecule has 2 atom stereocenters. The highest BCUT2D eigenvalue weighted by molar-refractivity contribution is 6.05. The van der Waals surface area contributed by atoms with Crippen molar-refractivity contribution in [2.24, 2.45) is 11.8 Å². The first-order valence-corrected chi connectivity index (χ1v) is 5.11. The van der Waals surface area contributed by atoms with Crippen LogP contribution in [0.5, 0.6) is 0 Å². The quantitative estimate of drug-likeness (QED) is 0.346. The van der Waals surface area contributed by atoms with E-state index in [9.17, 15) is 29.4 Å². The topological polar surface area (TPSA) is 133 Å². The predicted octanol–water partition coefficient (Wildman–Crippen LogP) is -3.16. The summed E-state index contributed by atoms with van der Waals surface area (Å²) in [6.45, 7) is 2.43. The molecule has 0 aliphatic heterocycles. The second-order valence-electron chi connectivity index (χ2n) is 3.10. The minimum absolute atomic E-state index is 0.175. The van der Waals surface area contributed by atoms with E-state index in [-0.39, 0.29) is 13.2 Å². The standard InChI is InChI=1S/C10H14O8/c1-3-17-9(15)5(7(11)12)6(8(13)14)10(16)18-4-2/h5-6H,3-4H2,1-2H3,(H,11,12)(H,13,14)/p-2/t5-,6+. The van der Waals surface area contributed by atoms with Crippen LogP contribution in [0, 0.1) is 11.8 Å². The van der Waals surface area contributed by atoms with Crippen molar-refractivity contribution in [3.63, 3.8) is 0 Å². The molecule has 0 aromatic rings. The third-order valence-electron chi connectivity index (χ3n) is 1.92. The van der Waals surface area contributed by atoms with Crippen LogP contribution in [-0.4, -0.2) is 37.1 Å². The lowest BCUT2D eigenvalue weighted by Crippen LogP contribution is -2.51. The lowest BCUT2D eigenvalue weighted by atomic mass is 9.92. The number of rotatable bonds is 7. The van der Waals surface area contributed by atoms with Crippen LogP contribution in [0.15, 0.2) is 0 Å². The number of hydrogen-bond donors (Lipinski definition) is 0. The van der Waals surface area contributed by atoms with Crippen molar-refractivity contribution in [3.05, 3.63) is 0 Å². The van der Waals surface area contributed by atoms with E-state index in [1.807, 2.05) is 0 Å². The molecule has 0 bridgehead atoms. The van der Waals surface area contributed by atoms with E-state index in [4.69, 9.17) is 0 Å². The Labute approximate surface area is 102 Å². The fourth-order valence-corrected chi connectivity index (χ4v) is 1.20. The predicted molar refractivity (Wildman–Crippen MR) is 50.3 cm³/mol. The lowest BCUT2D eigenvalue weighted by molar-refractivity contribution is -0.325. The molecule has 0 unspecified atom stereocenters. The molecule has 0 heterocycles. The van der Waals surface area contributed by atoms with Gasteiger partial charge in [-0.3, -0.25) is 9.59 Å². The lowest BCUT2D eigenvalue weighted by Gasteiger charge is -2.25. The zero-order chi connectivity index (χ0) is 14.3. The highest BCUT2D eigenvalue weighted by atomic mass is 16.5. The number of ether oxygens (including phenoxy) is 2. The van der Waals surface area contributed by atoms with Crippen molar-refractivity contribution in [1.82, 2.24) is 0 Å². The summed E-state index contributed by atoms with van der Waals surface area (Å²) in [5.74, 6) is -11.5. The Balaban J connectivity index is 5.24. The first-order valence-electron chi connectivity index (χ1n) is 5.11. The third kappa shape index (κ3) is 4.04. The van der Waals surface area contributed by atoms with E-state index in [0.29, 0.717) is 0 Å². The van der Waals surface area contributed by atoms with Crippen LogP contribution in [0.4, 0.5) is 0 Å². The van der Waals surface area contributed by atoms with Crippen LogP contribution >= 0.6 is 0 Å². The molecule has 0 radical (unpaired) electrons. The SMILES string of the molecule is CCOC(=O)[C@@H](C(=O)[O-])[C@@H](C(=O)[O-])C(=O)OCC. The zero-order valence-electron chi connectivity index (χ0n) is 9.83. The van der Waals surface area contributed by atoms with E-state index >= 15 is 0 Å². The maximum Gasteiger partial charge on any atom is 0.315 e. The summed E-state index contributed by atoms with van der Waals surface area (Å²) >= 11 is 0. The first kappa shape index (κ1) is 15.9. The van der Waals surface area contributed by atoms with Gasteiger partial charge in [0.2, 0.25) is 0 Å². The van der Waals surface area contributed by atoms with Gasteiger partial charge in [0.25, 0.3) is 0 Å². The van der Waals surface area contributed by atoms with Gasteiger partial charge in [-0.15, -0.1) is 0 Å². The molecule has 0 aliphatic rings. The van der Waals surface area contributed by atoms with E-state index in [1.165, 1.54) is 13.8 Å². The minimum Gasteiger partial charge on any atom is -0.549 e. The van der Waals surface area contributed by atoms with E-state index in [0.717, 1.165) is 0 Å². The van der Waals surface area contributed by atoms with Gasteiger partial charge in [0, 0.05) is 0 Å². The van der Waals surface area contributed by atoms with E-state index in [1.54, 1.807) is 0 Å². The molecule has 18 heavy (non-hydrogen) atoms. The summed E-state index contributed by atoms with van der Waals surface area (Å²) in [6.07, 6.45) is 0. The number of aliphatic carboxylic acids is 2. The van der Waals surface area contributed by atoms with Crippen molar-refractivity contribution in [3.8, 4) is 0 Å². The second kappa shape index (κ2) is 7.25. The number of hydrogen-bond acceptors (Lipinski definition) is 8. The molecule has 0 amide bonds. The Morgan fingerprint density at radius 2 is 1.11 bits per heavy atom. The Morgan fingerprint density at radius 3 is 1.28 bits per heavy atom. The molecule has 0 aromatic carbocycles. The van der Waals surface area contributed by atoms with Gasteiger partial charge in [-0.25, -0.2) is 0 Å². The Hall–Kier alpha value is -2.12. The number of carboxylic acid groups (broad SMARTS) is 2.